The predicted molar refractivity (Wildman–Crippen MR) is 60.5 cm³/mol. The van der Waals surface area contributed by atoms with Gasteiger partial charge in [-0.3, -0.25) is 0 Å². The Balaban J connectivity index is 0.000000112. The Labute approximate surface area is 88.1 Å². The quantitative estimate of drug-likeness (QED) is 0.636. The lowest BCUT2D eigenvalue weighted by molar-refractivity contribution is 0.111. The van der Waals surface area contributed by atoms with E-state index in [0.717, 1.165) is 5.92 Å². The van der Waals surface area contributed by atoms with E-state index in [2.05, 4.69) is 10.2 Å². The van der Waals surface area contributed by atoms with Gasteiger partial charge >= 0.3 is 0 Å². The lowest BCUT2D eigenvalue weighted by Gasteiger charge is -2.38. The molecule has 4 aliphatic rings. The maximum absolute atomic E-state index is 3.28. The minimum atomic E-state index is 1.11. The Kier molecular flexibility index (Phi) is 4.26. The molecule has 2 heteroatoms. The van der Waals surface area contributed by atoms with Crippen molar-refractivity contribution >= 4 is 0 Å². The number of fused-ring (bicyclic) bond motifs is 3. The van der Waals surface area contributed by atoms with Gasteiger partial charge in [0.25, 0.3) is 0 Å². The van der Waals surface area contributed by atoms with Crippen LogP contribution in [-0.2, 0) is 0 Å². The summed E-state index contributed by atoms with van der Waals surface area (Å²) in [5.41, 5.74) is 0. The number of hydrogen-bond acceptors (Lipinski definition) is 2. The van der Waals surface area contributed by atoms with Crippen molar-refractivity contribution in [2.45, 2.75) is 38.5 Å². The molecule has 82 valence electrons. The number of nitrogens with one attached hydrogen (secondary N) is 1. The molecule has 2 nitrogen and oxygen atoms in total. The Hall–Kier alpha value is -0.0800. The molecule has 0 saturated carbocycles. The smallest absolute Gasteiger partial charge is 0.00161 e. The molecule has 0 radical (unpaired) electrons. The maximum Gasteiger partial charge on any atom is -0.00161 e. The molecule has 4 fully saturated rings. The van der Waals surface area contributed by atoms with Crippen LogP contribution in [0.2, 0.25) is 0 Å². The van der Waals surface area contributed by atoms with Crippen LogP contribution in [0.15, 0.2) is 0 Å². The summed E-state index contributed by atoms with van der Waals surface area (Å²) >= 11 is 0. The normalized spacial score (nSPS) is 36.0. The van der Waals surface area contributed by atoms with E-state index >= 15 is 0 Å². The van der Waals surface area contributed by atoms with Crippen LogP contribution in [0.25, 0.3) is 0 Å². The summed E-state index contributed by atoms with van der Waals surface area (Å²) < 4.78 is 0. The molecular weight excluding hydrogens is 172 g/mol. The molecule has 0 unspecified atom stereocenters. The molecule has 4 saturated heterocycles. The number of nitrogens with zero attached hydrogens (tertiary/aromatic N) is 1. The average Bonchev–Trinajstić information content (AvgIpc) is 2.35. The van der Waals surface area contributed by atoms with Crippen molar-refractivity contribution in [3.63, 3.8) is 0 Å². The fourth-order valence-corrected chi connectivity index (χ4v) is 2.67. The molecule has 0 atom stereocenters. The van der Waals surface area contributed by atoms with Gasteiger partial charge in [-0.05, 0) is 70.7 Å². The summed E-state index contributed by atoms with van der Waals surface area (Å²) in [6.07, 6.45) is 8.67. The summed E-state index contributed by atoms with van der Waals surface area (Å²) in [4.78, 5) is 2.58. The van der Waals surface area contributed by atoms with Gasteiger partial charge in [0, 0.05) is 0 Å². The van der Waals surface area contributed by atoms with Crippen LogP contribution in [0.5, 0.6) is 0 Å². The molecule has 0 aromatic carbocycles. The van der Waals surface area contributed by atoms with E-state index in [4.69, 9.17) is 0 Å². The van der Waals surface area contributed by atoms with Gasteiger partial charge in [-0.2, -0.15) is 0 Å². The SMILES string of the molecule is C1CCNCC1.C1CN2CCC1CC2. The molecule has 4 aliphatic heterocycles. The van der Waals surface area contributed by atoms with Crippen LogP contribution in [0.4, 0.5) is 0 Å². The van der Waals surface area contributed by atoms with Crippen LogP contribution < -0.4 is 5.32 Å². The fourth-order valence-electron chi connectivity index (χ4n) is 2.67. The average molecular weight is 196 g/mol. The summed E-state index contributed by atoms with van der Waals surface area (Å²) in [5.74, 6) is 1.11. The summed E-state index contributed by atoms with van der Waals surface area (Å²) in [6.45, 7) is 6.68. The summed E-state index contributed by atoms with van der Waals surface area (Å²) in [7, 11) is 0. The van der Waals surface area contributed by atoms with E-state index in [9.17, 15) is 0 Å². The molecule has 4 rings (SSSR count). The highest BCUT2D eigenvalue weighted by atomic mass is 15.1. The first-order chi connectivity index (χ1) is 6.95. The van der Waals surface area contributed by atoms with Gasteiger partial charge in [-0.25, -0.2) is 0 Å². The van der Waals surface area contributed by atoms with E-state index in [1.807, 2.05) is 0 Å². The Morgan fingerprint density at radius 1 is 0.786 bits per heavy atom. The lowest BCUT2D eigenvalue weighted by atomic mass is 9.89. The lowest BCUT2D eigenvalue weighted by Crippen LogP contribution is -2.41. The number of hydrogen-bond donors (Lipinski definition) is 1. The van der Waals surface area contributed by atoms with E-state index in [1.54, 1.807) is 0 Å². The molecule has 0 aromatic rings. The molecule has 0 aromatic heterocycles. The Morgan fingerprint density at radius 3 is 1.50 bits per heavy atom. The van der Waals surface area contributed by atoms with Gasteiger partial charge in [-0.15, -0.1) is 0 Å². The van der Waals surface area contributed by atoms with Gasteiger partial charge in [0.15, 0.2) is 0 Å². The third-order valence-electron chi connectivity index (χ3n) is 3.77. The highest BCUT2D eigenvalue weighted by Gasteiger charge is 2.24. The van der Waals surface area contributed by atoms with Crippen molar-refractivity contribution in [3.05, 3.63) is 0 Å². The zero-order valence-corrected chi connectivity index (χ0v) is 9.30. The molecule has 0 aliphatic carbocycles. The van der Waals surface area contributed by atoms with Crippen LogP contribution in [-0.4, -0.2) is 37.6 Å². The first-order valence-corrected chi connectivity index (χ1v) is 6.38. The van der Waals surface area contributed by atoms with Crippen LogP contribution in [0, 0.1) is 5.92 Å². The Morgan fingerprint density at radius 2 is 1.36 bits per heavy atom. The van der Waals surface area contributed by atoms with Crippen molar-refractivity contribution in [3.8, 4) is 0 Å². The van der Waals surface area contributed by atoms with E-state index in [1.165, 1.54) is 71.2 Å². The highest BCUT2D eigenvalue weighted by Crippen LogP contribution is 2.26. The van der Waals surface area contributed by atoms with Crippen LogP contribution in [0.3, 0.4) is 0 Å². The molecule has 0 amide bonds. The third-order valence-corrected chi connectivity index (χ3v) is 3.77. The predicted octanol–water partition coefficient (Wildman–Crippen LogP) is 1.86. The van der Waals surface area contributed by atoms with Crippen molar-refractivity contribution < 1.29 is 0 Å². The molecule has 2 bridgehead atoms. The molecule has 1 N–H and O–H groups in total. The zero-order valence-electron chi connectivity index (χ0n) is 9.30. The van der Waals surface area contributed by atoms with E-state index < -0.39 is 0 Å². The molecule has 14 heavy (non-hydrogen) atoms. The van der Waals surface area contributed by atoms with Gasteiger partial charge in [-0.1, -0.05) is 6.42 Å². The zero-order chi connectivity index (χ0) is 9.64. The van der Waals surface area contributed by atoms with Crippen molar-refractivity contribution in [1.29, 1.82) is 0 Å². The van der Waals surface area contributed by atoms with Gasteiger partial charge in [0.1, 0.15) is 0 Å². The Bertz CT molecular complexity index is 112. The van der Waals surface area contributed by atoms with Crippen molar-refractivity contribution in [2.75, 3.05) is 32.7 Å². The van der Waals surface area contributed by atoms with Gasteiger partial charge in [0.05, 0.1) is 0 Å². The standard InChI is InChI=1S/C7H13N.C5H11N/c1-4-8-5-2-7(1)3-6-8;1-2-4-6-5-3-1/h7H,1-6H2;6H,1-5H2. The largest absolute Gasteiger partial charge is 0.317 e. The van der Waals surface area contributed by atoms with Crippen LogP contribution in [0.1, 0.15) is 38.5 Å². The number of rotatable bonds is 0. The van der Waals surface area contributed by atoms with E-state index in [-0.39, 0.29) is 0 Å². The van der Waals surface area contributed by atoms with E-state index in [0.29, 0.717) is 0 Å². The molecule has 4 heterocycles. The van der Waals surface area contributed by atoms with Gasteiger partial charge in [0.2, 0.25) is 0 Å². The van der Waals surface area contributed by atoms with Crippen LogP contribution >= 0.6 is 0 Å². The minimum Gasteiger partial charge on any atom is -0.317 e. The summed E-state index contributed by atoms with van der Waals surface area (Å²) in [5, 5.41) is 3.28. The first-order valence-electron chi connectivity index (χ1n) is 6.38. The number of piperidine rings is 4. The summed E-state index contributed by atoms with van der Waals surface area (Å²) in [6, 6.07) is 0. The van der Waals surface area contributed by atoms with Gasteiger partial charge < -0.3 is 10.2 Å². The van der Waals surface area contributed by atoms with Crippen molar-refractivity contribution in [2.24, 2.45) is 5.92 Å². The monoisotopic (exact) mass is 196 g/mol. The highest BCUT2D eigenvalue weighted by molar-refractivity contribution is 4.78. The maximum atomic E-state index is 3.28. The second kappa shape index (κ2) is 5.72. The minimum absolute atomic E-state index is 1.11. The molecular formula is C12H24N2. The second-order valence-corrected chi connectivity index (χ2v) is 4.88. The third kappa shape index (κ3) is 3.25. The van der Waals surface area contributed by atoms with Crippen molar-refractivity contribution in [1.82, 2.24) is 10.2 Å². The second-order valence-electron chi connectivity index (χ2n) is 4.88. The first kappa shape index (κ1) is 10.4. The fraction of sp³-hybridized carbons (Fsp3) is 1.00. The molecule has 0 spiro atoms. The topological polar surface area (TPSA) is 15.3 Å².